The van der Waals surface area contributed by atoms with Gasteiger partial charge in [0.2, 0.25) is 0 Å². The highest BCUT2D eigenvalue weighted by molar-refractivity contribution is 6.83. The van der Waals surface area contributed by atoms with Crippen molar-refractivity contribution in [2.45, 2.75) is 19.6 Å². The van der Waals surface area contributed by atoms with E-state index in [1.165, 1.54) is 0 Å². The predicted octanol–water partition coefficient (Wildman–Crippen LogP) is 2.81. The van der Waals surface area contributed by atoms with Crippen molar-refractivity contribution in [2.24, 2.45) is 0 Å². The second kappa shape index (κ2) is 4.68. The topological polar surface area (TPSA) is 35.8 Å². The van der Waals surface area contributed by atoms with E-state index >= 15 is 0 Å². The van der Waals surface area contributed by atoms with E-state index < -0.39 is 8.07 Å². The minimum absolute atomic E-state index is 0.783. The average Bonchev–Trinajstić information content (AvgIpc) is 2.16. The van der Waals surface area contributed by atoms with E-state index in [0.717, 1.165) is 11.3 Å². The summed E-state index contributed by atoms with van der Waals surface area (Å²) in [5.74, 6) is 3.14. The Bertz CT molecular complexity index is 441. The van der Waals surface area contributed by atoms with Crippen LogP contribution in [-0.4, -0.2) is 8.07 Å². The summed E-state index contributed by atoms with van der Waals surface area (Å²) in [6.45, 7) is 6.58. The molecule has 0 aromatic heterocycles. The molecule has 0 radical (unpaired) electrons. The van der Waals surface area contributed by atoms with Gasteiger partial charge in [-0.2, -0.15) is 5.26 Å². The van der Waals surface area contributed by atoms with E-state index in [-0.39, 0.29) is 0 Å². The van der Waals surface area contributed by atoms with Gasteiger partial charge in [-0.3, -0.25) is 5.32 Å². The molecule has 0 spiro atoms. The lowest BCUT2D eigenvalue weighted by molar-refractivity contribution is 1.46. The first kappa shape index (κ1) is 11.4. The highest BCUT2D eigenvalue weighted by Crippen LogP contribution is 2.13. The van der Waals surface area contributed by atoms with Crippen molar-refractivity contribution in [3.05, 3.63) is 29.8 Å². The van der Waals surface area contributed by atoms with Crippen LogP contribution in [0, 0.1) is 22.9 Å². The Morgan fingerprint density at radius 2 is 1.87 bits per heavy atom. The summed E-state index contributed by atoms with van der Waals surface area (Å²) in [7, 11) is -1.36. The van der Waals surface area contributed by atoms with Crippen molar-refractivity contribution in [3.8, 4) is 17.7 Å². The molecular weight excluding hydrogens is 200 g/mol. The van der Waals surface area contributed by atoms with Crippen molar-refractivity contribution in [1.29, 1.82) is 5.26 Å². The number of nitrogens with zero attached hydrogens (tertiary/aromatic N) is 1. The molecule has 1 rings (SSSR count). The highest BCUT2D eigenvalue weighted by Gasteiger charge is 2.07. The molecule has 3 heteroatoms. The van der Waals surface area contributed by atoms with Crippen LogP contribution in [0.25, 0.3) is 0 Å². The number of nitrogens with one attached hydrogen (secondary N) is 1. The van der Waals surface area contributed by atoms with Gasteiger partial charge in [-0.05, 0) is 12.1 Å². The quantitative estimate of drug-likeness (QED) is 0.338. The number of benzene rings is 1. The Kier molecular flexibility index (Phi) is 3.55. The monoisotopic (exact) mass is 214 g/mol. The van der Waals surface area contributed by atoms with Crippen LogP contribution in [0.4, 0.5) is 5.69 Å². The molecule has 0 aliphatic heterocycles. The number of nitriles is 1. The molecule has 2 nitrogen and oxygen atoms in total. The van der Waals surface area contributed by atoms with Gasteiger partial charge in [0.15, 0.2) is 6.19 Å². The Morgan fingerprint density at radius 3 is 2.47 bits per heavy atom. The van der Waals surface area contributed by atoms with Crippen LogP contribution in [0.15, 0.2) is 24.3 Å². The lowest BCUT2D eigenvalue weighted by Crippen LogP contribution is -2.16. The van der Waals surface area contributed by atoms with E-state index in [0.29, 0.717) is 0 Å². The van der Waals surface area contributed by atoms with Gasteiger partial charge in [-0.25, -0.2) is 0 Å². The number of rotatable bonds is 1. The summed E-state index contributed by atoms with van der Waals surface area (Å²) in [5, 5.41) is 11.2. The van der Waals surface area contributed by atoms with Crippen molar-refractivity contribution in [3.63, 3.8) is 0 Å². The molecular formula is C12H14N2Si. The lowest BCUT2D eigenvalue weighted by atomic mass is 10.2. The van der Waals surface area contributed by atoms with Gasteiger partial charge in [0.25, 0.3) is 0 Å². The summed E-state index contributed by atoms with van der Waals surface area (Å²) in [6, 6.07) is 7.60. The smallest absolute Gasteiger partial charge is 0.181 e. The molecule has 0 heterocycles. The molecule has 0 atom stereocenters. The first-order valence-corrected chi connectivity index (χ1v) is 8.30. The second-order valence-corrected chi connectivity index (χ2v) is 9.03. The summed E-state index contributed by atoms with van der Waals surface area (Å²) in [4.78, 5) is 0. The van der Waals surface area contributed by atoms with E-state index in [9.17, 15) is 0 Å². The molecule has 0 saturated heterocycles. The van der Waals surface area contributed by atoms with Crippen LogP contribution in [0.3, 0.4) is 0 Å². The van der Waals surface area contributed by atoms with Crippen molar-refractivity contribution < 1.29 is 0 Å². The molecule has 0 bridgehead atoms. The predicted molar refractivity (Wildman–Crippen MR) is 65.9 cm³/mol. The van der Waals surface area contributed by atoms with Crippen molar-refractivity contribution >= 4 is 13.8 Å². The molecule has 0 amide bonds. The molecule has 1 N–H and O–H groups in total. The van der Waals surface area contributed by atoms with Crippen LogP contribution in [0.2, 0.25) is 19.6 Å². The Balaban J connectivity index is 3.03. The van der Waals surface area contributed by atoms with Gasteiger partial charge in [-0.15, -0.1) is 5.54 Å². The molecule has 0 aliphatic rings. The number of anilines is 1. The molecule has 76 valence electrons. The normalized spacial score (nSPS) is 9.73. The fraction of sp³-hybridized carbons (Fsp3) is 0.250. The minimum atomic E-state index is -1.36. The first-order chi connectivity index (χ1) is 7.03. The number of hydrogen-bond acceptors (Lipinski definition) is 2. The second-order valence-electron chi connectivity index (χ2n) is 4.28. The minimum Gasteiger partial charge on any atom is -0.292 e. The Morgan fingerprint density at radius 1 is 1.20 bits per heavy atom. The van der Waals surface area contributed by atoms with E-state index in [2.05, 4.69) is 36.4 Å². The van der Waals surface area contributed by atoms with Crippen LogP contribution < -0.4 is 5.32 Å². The standard InChI is InChI=1S/C12H14N2Si/c1-15(2,3)9-8-11-6-4-5-7-12(11)14-10-13/h4-7,14H,1-3H3. The maximum atomic E-state index is 8.57. The summed E-state index contributed by atoms with van der Waals surface area (Å²) >= 11 is 0. The van der Waals surface area contributed by atoms with E-state index in [1.54, 1.807) is 0 Å². The SMILES string of the molecule is C[Si](C)(C)C#Cc1ccccc1NC#N. The average molecular weight is 214 g/mol. The summed E-state index contributed by atoms with van der Waals surface area (Å²) in [6.07, 6.45) is 1.92. The van der Waals surface area contributed by atoms with Gasteiger partial charge in [0.05, 0.1) is 5.69 Å². The highest BCUT2D eigenvalue weighted by atomic mass is 28.3. The zero-order chi connectivity index (χ0) is 11.3. The fourth-order valence-corrected chi connectivity index (χ4v) is 1.53. The summed E-state index contributed by atoms with van der Waals surface area (Å²) < 4.78 is 0. The first-order valence-electron chi connectivity index (χ1n) is 4.80. The lowest BCUT2D eigenvalue weighted by Gasteiger charge is -2.04. The molecule has 0 aliphatic carbocycles. The van der Waals surface area contributed by atoms with Crippen molar-refractivity contribution in [2.75, 3.05) is 5.32 Å². The van der Waals surface area contributed by atoms with E-state index in [4.69, 9.17) is 5.26 Å². The molecule has 15 heavy (non-hydrogen) atoms. The van der Waals surface area contributed by atoms with Gasteiger partial charge < -0.3 is 0 Å². The Hall–Kier alpha value is -1.71. The van der Waals surface area contributed by atoms with Crippen LogP contribution in [0.1, 0.15) is 5.56 Å². The zero-order valence-corrected chi connectivity index (χ0v) is 10.3. The molecule has 1 aromatic rings. The van der Waals surface area contributed by atoms with Crippen LogP contribution in [0.5, 0.6) is 0 Å². The number of para-hydroxylation sites is 1. The van der Waals surface area contributed by atoms with E-state index in [1.807, 2.05) is 30.5 Å². The molecule has 0 unspecified atom stereocenters. The summed E-state index contributed by atoms with van der Waals surface area (Å²) in [5.41, 5.74) is 4.95. The van der Waals surface area contributed by atoms with Gasteiger partial charge in [0.1, 0.15) is 8.07 Å². The third kappa shape index (κ3) is 3.89. The van der Waals surface area contributed by atoms with Crippen molar-refractivity contribution in [1.82, 2.24) is 0 Å². The maximum absolute atomic E-state index is 8.57. The Labute approximate surface area is 91.9 Å². The van der Waals surface area contributed by atoms with Crippen LogP contribution in [-0.2, 0) is 0 Å². The van der Waals surface area contributed by atoms with Gasteiger partial charge in [-0.1, -0.05) is 37.7 Å². The maximum Gasteiger partial charge on any atom is 0.181 e. The van der Waals surface area contributed by atoms with Gasteiger partial charge in [0, 0.05) is 5.56 Å². The molecule has 0 saturated carbocycles. The third-order valence-electron chi connectivity index (χ3n) is 1.69. The molecule has 1 aromatic carbocycles. The third-order valence-corrected chi connectivity index (χ3v) is 2.56. The fourth-order valence-electron chi connectivity index (χ4n) is 1.02. The molecule has 0 fully saturated rings. The number of hydrogen-bond donors (Lipinski definition) is 1. The zero-order valence-electron chi connectivity index (χ0n) is 9.26. The van der Waals surface area contributed by atoms with Gasteiger partial charge >= 0.3 is 0 Å². The van der Waals surface area contributed by atoms with Crippen LogP contribution >= 0.6 is 0 Å². The largest absolute Gasteiger partial charge is 0.292 e.